The highest BCUT2D eigenvalue weighted by atomic mass is 15.4. The van der Waals surface area contributed by atoms with Crippen LogP contribution in [0, 0.1) is 5.41 Å². The molecule has 8 nitrogen and oxygen atoms in total. The summed E-state index contributed by atoms with van der Waals surface area (Å²) in [5.74, 6) is 1.04. The molecule has 1 aliphatic rings. The fourth-order valence-corrected chi connectivity index (χ4v) is 2.78. The summed E-state index contributed by atoms with van der Waals surface area (Å²) < 4.78 is 1.47. The minimum absolute atomic E-state index is 0.173. The molecule has 8 heteroatoms. The van der Waals surface area contributed by atoms with Crippen molar-refractivity contribution in [2.75, 3.05) is 11.1 Å². The quantitative estimate of drug-likeness (QED) is 0.879. The van der Waals surface area contributed by atoms with E-state index in [0.29, 0.717) is 17.9 Å². The van der Waals surface area contributed by atoms with Crippen molar-refractivity contribution in [2.24, 2.45) is 5.41 Å². The molecule has 3 rings (SSSR count). The molecule has 2 heterocycles. The van der Waals surface area contributed by atoms with Crippen molar-refractivity contribution in [3.8, 4) is 5.95 Å². The maximum Gasteiger partial charge on any atom is 0.258 e. The normalized spacial score (nSPS) is 21.1. The third-order valence-electron chi connectivity index (χ3n) is 4.08. The van der Waals surface area contributed by atoms with Gasteiger partial charge in [-0.25, -0.2) is 4.98 Å². The van der Waals surface area contributed by atoms with Gasteiger partial charge in [0.1, 0.15) is 12.7 Å². The first-order chi connectivity index (χ1) is 10.0. The Morgan fingerprint density at radius 3 is 2.86 bits per heavy atom. The standard InChI is InChI=1S/C13H20N8/c1-13(2)6-4-3-5-9(13)17-11-18-10(14)19-12(20-11)21-8-15-7-16-21/h7-9H,3-6H2,1-2H3,(H3,14,17,18,19,20). The van der Waals surface area contributed by atoms with Gasteiger partial charge in [-0.15, -0.1) is 0 Å². The molecule has 0 aromatic carbocycles. The largest absolute Gasteiger partial charge is 0.368 e. The summed E-state index contributed by atoms with van der Waals surface area (Å²) in [6, 6.07) is 0.330. The van der Waals surface area contributed by atoms with E-state index in [-0.39, 0.29) is 11.4 Å². The Morgan fingerprint density at radius 1 is 1.29 bits per heavy atom. The lowest BCUT2D eigenvalue weighted by Gasteiger charge is -2.39. The van der Waals surface area contributed by atoms with E-state index in [9.17, 15) is 0 Å². The van der Waals surface area contributed by atoms with E-state index in [2.05, 4.69) is 44.2 Å². The fourth-order valence-electron chi connectivity index (χ4n) is 2.78. The SMILES string of the molecule is CC1(C)CCCCC1Nc1nc(N)nc(-n2cncn2)n1. The molecular formula is C13H20N8. The van der Waals surface area contributed by atoms with Gasteiger partial charge in [0.15, 0.2) is 0 Å². The zero-order chi connectivity index (χ0) is 14.9. The van der Waals surface area contributed by atoms with Gasteiger partial charge in [-0.3, -0.25) is 0 Å². The number of aromatic nitrogens is 6. The molecule has 1 unspecified atom stereocenters. The average Bonchev–Trinajstić information content (AvgIpc) is 2.94. The zero-order valence-corrected chi connectivity index (χ0v) is 12.3. The van der Waals surface area contributed by atoms with Crippen molar-refractivity contribution in [1.82, 2.24) is 29.7 Å². The number of anilines is 2. The molecule has 1 fully saturated rings. The highest BCUT2D eigenvalue weighted by Crippen LogP contribution is 2.36. The van der Waals surface area contributed by atoms with Gasteiger partial charge in [-0.2, -0.15) is 24.7 Å². The number of nitrogens with two attached hydrogens (primary N) is 1. The summed E-state index contributed by atoms with van der Waals surface area (Å²) in [6.45, 7) is 4.54. The lowest BCUT2D eigenvalue weighted by Crippen LogP contribution is -2.39. The van der Waals surface area contributed by atoms with Gasteiger partial charge in [-0.05, 0) is 18.3 Å². The molecule has 0 radical (unpaired) electrons. The third kappa shape index (κ3) is 2.93. The average molecular weight is 288 g/mol. The topological polar surface area (TPSA) is 107 Å². The van der Waals surface area contributed by atoms with Crippen LogP contribution < -0.4 is 11.1 Å². The van der Waals surface area contributed by atoms with Gasteiger partial charge >= 0.3 is 0 Å². The first-order valence-corrected chi connectivity index (χ1v) is 7.18. The summed E-state index contributed by atoms with van der Waals surface area (Å²) >= 11 is 0. The first-order valence-electron chi connectivity index (χ1n) is 7.18. The van der Waals surface area contributed by atoms with Crippen molar-refractivity contribution in [3.05, 3.63) is 12.7 Å². The summed E-state index contributed by atoms with van der Waals surface area (Å²) in [7, 11) is 0. The van der Waals surface area contributed by atoms with Crippen LogP contribution in [0.4, 0.5) is 11.9 Å². The summed E-state index contributed by atoms with van der Waals surface area (Å²) in [4.78, 5) is 16.5. The molecule has 1 atom stereocenters. The molecule has 0 amide bonds. The van der Waals surface area contributed by atoms with Gasteiger partial charge in [0.25, 0.3) is 5.95 Å². The smallest absolute Gasteiger partial charge is 0.258 e. The highest BCUT2D eigenvalue weighted by Gasteiger charge is 2.32. The van der Waals surface area contributed by atoms with Gasteiger partial charge in [0.2, 0.25) is 11.9 Å². The maximum absolute atomic E-state index is 5.77. The minimum atomic E-state index is 0.173. The second-order valence-corrected chi connectivity index (χ2v) is 6.09. The third-order valence-corrected chi connectivity index (χ3v) is 4.08. The Balaban J connectivity index is 1.85. The highest BCUT2D eigenvalue weighted by molar-refractivity contribution is 5.36. The van der Waals surface area contributed by atoms with Crippen LogP contribution >= 0.6 is 0 Å². The van der Waals surface area contributed by atoms with E-state index in [1.165, 1.54) is 36.6 Å². The van der Waals surface area contributed by atoms with Crippen LogP contribution in [0.5, 0.6) is 0 Å². The van der Waals surface area contributed by atoms with Crippen LogP contribution in [0.15, 0.2) is 12.7 Å². The first kappa shape index (κ1) is 13.7. The molecule has 2 aromatic rings. The Bertz CT molecular complexity index is 607. The predicted octanol–water partition coefficient (Wildman–Crippen LogP) is 1.42. The van der Waals surface area contributed by atoms with E-state index in [1.807, 2.05) is 0 Å². The second-order valence-electron chi connectivity index (χ2n) is 6.09. The van der Waals surface area contributed by atoms with Crippen molar-refractivity contribution >= 4 is 11.9 Å². The number of hydrogen-bond donors (Lipinski definition) is 2. The van der Waals surface area contributed by atoms with Crippen molar-refractivity contribution in [3.63, 3.8) is 0 Å². The number of nitrogens with zero attached hydrogens (tertiary/aromatic N) is 6. The lowest BCUT2D eigenvalue weighted by atomic mass is 9.73. The van der Waals surface area contributed by atoms with Crippen LogP contribution in [-0.2, 0) is 0 Å². The Labute approximate surface area is 123 Å². The van der Waals surface area contributed by atoms with Crippen molar-refractivity contribution in [1.29, 1.82) is 0 Å². The molecule has 0 aliphatic heterocycles. The second kappa shape index (κ2) is 5.27. The number of nitrogen functional groups attached to an aromatic ring is 1. The molecule has 0 bridgehead atoms. The zero-order valence-electron chi connectivity index (χ0n) is 12.3. The molecule has 2 aromatic heterocycles. The van der Waals surface area contributed by atoms with Crippen molar-refractivity contribution < 1.29 is 0 Å². The Morgan fingerprint density at radius 2 is 2.14 bits per heavy atom. The minimum Gasteiger partial charge on any atom is -0.368 e. The fraction of sp³-hybridized carbons (Fsp3) is 0.615. The summed E-state index contributed by atoms with van der Waals surface area (Å²) in [5, 5.41) is 7.42. The van der Waals surface area contributed by atoms with E-state index in [1.54, 1.807) is 0 Å². The molecule has 3 N–H and O–H groups in total. The summed E-state index contributed by atoms with van der Waals surface area (Å²) in [6.07, 6.45) is 7.76. The van der Waals surface area contributed by atoms with Gasteiger partial charge in [0, 0.05) is 6.04 Å². The Kier molecular flexibility index (Phi) is 3.44. The van der Waals surface area contributed by atoms with Crippen LogP contribution in [-0.4, -0.2) is 35.8 Å². The summed E-state index contributed by atoms with van der Waals surface area (Å²) in [5.41, 5.74) is 5.99. The Hall–Kier alpha value is -2.25. The molecular weight excluding hydrogens is 268 g/mol. The maximum atomic E-state index is 5.77. The van der Waals surface area contributed by atoms with E-state index < -0.39 is 0 Å². The number of rotatable bonds is 3. The monoisotopic (exact) mass is 288 g/mol. The number of hydrogen-bond acceptors (Lipinski definition) is 7. The van der Waals surface area contributed by atoms with Gasteiger partial charge in [0.05, 0.1) is 0 Å². The van der Waals surface area contributed by atoms with E-state index in [4.69, 9.17) is 5.73 Å². The van der Waals surface area contributed by atoms with Crippen LogP contribution in [0.3, 0.4) is 0 Å². The van der Waals surface area contributed by atoms with Gasteiger partial charge in [-0.1, -0.05) is 26.7 Å². The van der Waals surface area contributed by atoms with Crippen LogP contribution in [0.1, 0.15) is 39.5 Å². The van der Waals surface area contributed by atoms with Crippen molar-refractivity contribution in [2.45, 2.75) is 45.6 Å². The van der Waals surface area contributed by atoms with Gasteiger partial charge < -0.3 is 11.1 Å². The lowest BCUT2D eigenvalue weighted by molar-refractivity contribution is 0.216. The molecule has 1 saturated carbocycles. The number of nitrogens with one attached hydrogen (secondary N) is 1. The molecule has 0 saturated heterocycles. The van der Waals surface area contributed by atoms with E-state index in [0.717, 1.165) is 6.42 Å². The van der Waals surface area contributed by atoms with Crippen LogP contribution in [0.2, 0.25) is 0 Å². The molecule has 112 valence electrons. The molecule has 1 aliphatic carbocycles. The van der Waals surface area contributed by atoms with Crippen LogP contribution in [0.25, 0.3) is 5.95 Å². The van der Waals surface area contributed by atoms with E-state index >= 15 is 0 Å². The predicted molar refractivity (Wildman–Crippen MR) is 78.8 cm³/mol. The molecule has 0 spiro atoms. The molecule has 21 heavy (non-hydrogen) atoms.